The summed E-state index contributed by atoms with van der Waals surface area (Å²) in [7, 11) is 9.36. The SMILES string of the molecule is COCCn1c(N[C@H](COC)c2ccc(OC)c(OC)c2)nc2c1c(=O)n(C)c(=O)n2C. The molecule has 0 aliphatic rings. The number of anilines is 1. The average Bonchev–Trinajstić information content (AvgIpc) is 3.17. The molecule has 1 N–H and O–H groups in total. The van der Waals surface area contributed by atoms with Gasteiger partial charge in [0.1, 0.15) is 0 Å². The van der Waals surface area contributed by atoms with Crippen molar-refractivity contribution in [2.24, 2.45) is 14.1 Å². The Labute approximate surface area is 185 Å². The maximum Gasteiger partial charge on any atom is 0.332 e. The number of fused-ring (bicyclic) bond motifs is 1. The molecule has 0 aliphatic carbocycles. The Morgan fingerprint density at radius 2 is 1.72 bits per heavy atom. The molecule has 11 heteroatoms. The van der Waals surface area contributed by atoms with Crippen LogP contribution in [-0.2, 0) is 30.1 Å². The maximum absolute atomic E-state index is 12.9. The van der Waals surface area contributed by atoms with E-state index in [0.717, 1.165) is 10.1 Å². The Morgan fingerprint density at radius 3 is 2.34 bits per heavy atom. The van der Waals surface area contributed by atoms with Crippen molar-refractivity contribution in [2.45, 2.75) is 12.6 Å². The zero-order valence-corrected chi connectivity index (χ0v) is 19.2. The minimum absolute atomic E-state index is 0.292. The molecular weight excluding hydrogens is 418 g/mol. The highest BCUT2D eigenvalue weighted by Gasteiger charge is 2.22. The van der Waals surface area contributed by atoms with E-state index in [9.17, 15) is 9.59 Å². The van der Waals surface area contributed by atoms with Gasteiger partial charge in [0.25, 0.3) is 5.56 Å². The van der Waals surface area contributed by atoms with E-state index in [4.69, 9.17) is 18.9 Å². The van der Waals surface area contributed by atoms with Crippen LogP contribution in [0.15, 0.2) is 27.8 Å². The zero-order chi connectivity index (χ0) is 23.4. The molecule has 3 aromatic rings. The van der Waals surface area contributed by atoms with Crippen LogP contribution < -0.4 is 26.0 Å². The summed E-state index contributed by atoms with van der Waals surface area (Å²) in [4.78, 5) is 29.9. The fourth-order valence-corrected chi connectivity index (χ4v) is 3.57. The van der Waals surface area contributed by atoms with E-state index in [2.05, 4.69) is 10.3 Å². The van der Waals surface area contributed by atoms with Crippen molar-refractivity contribution in [2.75, 3.05) is 47.0 Å². The molecule has 0 aliphatic heterocycles. The molecule has 2 aromatic heterocycles. The van der Waals surface area contributed by atoms with Gasteiger partial charge in [-0.1, -0.05) is 6.07 Å². The van der Waals surface area contributed by atoms with Gasteiger partial charge < -0.3 is 28.8 Å². The number of benzene rings is 1. The van der Waals surface area contributed by atoms with E-state index in [1.165, 1.54) is 11.6 Å². The van der Waals surface area contributed by atoms with E-state index < -0.39 is 11.2 Å². The number of nitrogens with one attached hydrogen (secondary N) is 1. The fraction of sp³-hybridized carbons (Fsp3) is 0.476. The van der Waals surface area contributed by atoms with Gasteiger partial charge >= 0.3 is 5.69 Å². The Hall–Kier alpha value is -3.31. The van der Waals surface area contributed by atoms with E-state index in [0.29, 0.717) is 48.4 Å². The number of aryl methyl sites for hydroxylation is 1. The van der Waals surface area contributed by atoms with Gasteiger partial charge in [0.05, 0.1) is 33.5 Å². The molecule has 0 bridgehead atoms. The molecule has 2 heterocycles. The van der Waals surface area contributed by atoms with E-state index in [1.54, 1.807) is 40.1 Å². The second-order valence-corrected chi connectivity index (χ2v) is 7.22. The summed E-state index contributed by atoms with van der Waals surface area (Å²) in [5.74, 6) is 1.61. The van der Waals surface area contributed by atoms with E-state index >= 15 is 0 Å². The molecule has 0 unspecified atom stereocenters. The third-order valence-corrected chi connectivity index (χ3v) is 5.31. The van der Waals surface area contributed by atoms with Crippen LogP contribution in [0, 0.1) is 0 Å². The molecule has 0 spiro atoms. The molecule has 0 saturated carbocycles. The van der Waals surface area contributed by atoms with Gasteiger partial charge in [-0.3, -0.25) is 13.9 Å². The first-order valence-corrected chi connectivity index (χ1v) is 10.00. The summed E-state index contributed by atoms with van der Waals surface area (Å²) in [6, 6.07) is 5.24. The number of hydrogen-bond acceptors (Lipinski definition) is 8. The Kier molecular flexibility index (Phi) is 7.21. The predicted molar refractivity (Wildman–Crippen MR) is 120 cm³/mol. The molecule has 3 rings (SSSR count). The minimum Gasteiger partial charge on any atom is -0.493 e. The Morgan fingerprint density at radius 1 is 1.00 bits per heavy atom. The Balaban J connectivity index is 2.14. The lowest BCUT2D eigenvalue weighted by Crippen LogP contribution is -2.37. The van der Waals surface area contributed by atoms with Gasteiger partial charge in [-0.05, 0) is 17.7 Å². The fourth-order valence-electron chi connectivity index (χ4n) is 3.57. The van der Waals surface area contributed by atoms with Crippen molar-refractivity contribution in [1.82, 2.24) is 18.7 Å². The Bertz CT molecular complexity index is 1210. The molecule has 32 heavy (non-hydrogen) atoms. The van der Waals surface area contributed by atoms with Crippen molar-refractivity contribution in [3.8, 4) is 11.5 Å². The first kappa shape index (κ1) is 23.4. The number of nitrogens with zero attached hydrogens (tertiary/aromatic N) is 4. The molecule has 1 atom stereocenters. The molecule has 1 aromatic carbocycles. The highest BCUT2D eigenvalue weighted by Crippen LogP contribution is 2.31. The standard InChI is InChI=1S/C21H29N5O6/c1-24-18-17(19(27)25(2)21(24)28)26(9-10-29-3)20(23-18)22-14(12-30-4)13-7-8-15(31-5)16(11-13)32-6/h7-8,11,14H,9-10,12H2,1-6H3,(H,22,23)/t14-/m1/s1. The average molecular weight is 447 g/mol. The largest absolute Gasteiger partial charge is 0.493 e. The van der Waals surface area contributed by atoms with Crippen molar-refractivity contribution in [3.05, 3.63) is 44.6 Å². The summed E-state index contributed by atoms with van der Waals surface area (Å²) >= 11 is 0. The van der Waals surface area contributed by atoms with E-state index in [-0.39, 0.29) is 6.04 Å². The molecule has 0 amide bonds. The highest BCUT2D eigenvalue weighted by atomic mass is 16.5. The van der Waals surface area contributed by atoms with Crippen molar-refractivity contribution in [1.29, 1.82) is 0 Å². The van der Waals surface area contributed by atoms with Gasteiger partial charge in [-0.2, -0.15) is 4.98 Å². The first-order valence-electron chi connectivity index (χ1n) is 10.00. The number of imidazole rings is 1. The lowest BCUT2D eigenvalue weighted by molar-refractivity contribution is 0.184. The molecule has 0 saturated heterocycles. The van der Waals surface area contributed by atoms with Crippen LogP contribution >= 0.6 is 0 Å². The van der Waals surface area contributed by atoms with Gasteiger partial charge in [-0.15, -0.1) is 0 Å². The number of rotatable bonds is 10. The van der Waals surface area contributed by atoms with Gasteiger partial charge in [0, 0.05) is 34.9 Å². The predicted octanol–water partition coefficient (Wildman–Crippen LogP) is 0.897. The van der Waals surface area contributed by atoms with Crippen molar-refractivity contribution >= 4 is 17.1 Å². The van der Waals surface area contributed by atoms with E-state index in [1.807, 2.05) is 18.2 Å². The third-order valence-electron chi connectivity index (χ3n) is 5.31. The normalized spacial score (nSPS) is 12.2. The summed E-state index contributed by atoms with van der Waals surface area (Å²) in [5.41, 5.74) is 0.613. The quantitative estimate of drug-likeness (QED) is 0.488. The smallest absolute Gasteiger partial charge is 0.332 e. The van der Waals surface area contributed by atoms with Gasteiger partial charge in [0.2, 0.25) is 5.95 Å². The summed E-state index contributed by atoms with van der Waals surface area (Å²) in [5, 5.41) is 3.36. The number of methoxy groups -OCH3 is 4. The number of ether oxygens (including phenoxy) is 4. The van der Waals surface area contributed by atoms with Crippen LogP contribution in [0.2, 0.25) is 0 Å². The lowest BCUT2D eigenvalue weighted by atomic mass is 10.1. The highest BCUT2D eigenvalue weighted by molar-refractivity contribution is 5.74. The van der Waals surface area contributed by atoms with Crippen LogP contribution in [0.1, 0.15) is 11.6 Å². The molecule has 174 valence electrons. The maximum atomic E-state index is 12.9. The molecule has 0 radical (unpaired) electrons. The topological polar surface area (TPSA) is 111 Å². The van der Waals surface area contributed by atoms with Crippen molar-refractivity contribution < 1.29 is 18.9 Å². The van der Waals surface area contributed by atoms with Crippen LogP contribution in [0.4, 0.5) is 5.95 Å². The van der Waals surface area contributed by atoms with Crippen LogP contribution in [-0.4, -0.2) is 60.3 Å². The third kappa shape index (κ3) is 4.21. The zero-order valence-electron chi connectivity index (χ0n) is 19.2. The van der Waals surface area contributed by atoms with Gasteiger partial charge in [-0.25, -0.2) is 4.79 Å². The van der Waals surface area contributed by atoms with Crippen LogP contribution in [0.3, 0.4) is 0 Å². The first-order chi connectivity index (χ1) is 15.4. The lowest BCUT2D eigenvalue weighted by Gasteiger charge is -2.21. The van der Waals surface area contributed by atoms with Crippen LogP contribution in [0.25, 0.3) is 11.2 Å². The second-order valence-electron chi connectivity index (χ2n) is 7.22. The monoisotopic (exact) mass is 447 g/mol. The second kappa shape index (κ2) is 9.88. The summed E-state index contributed by atoms with van der Waals surface area (Å²) in [6.07, 6.45) is 0. The van der Waals surface area contributed by atoms with Crippen LogP contribution in [0.5, 0.6) is 11.5 Å². The van der Waals surface area contributed by atoms with Gasteiger partial charge in [0.15, 0.2) is 22.7 Å². The summed E-state index contributed by atoms with van der Waals surface area (Å²) < 4.78 is 25.5. The minimum atomic E-state index is -0.446. The molecule has 0 fully saturated rings. The number of hydrogen-bond donors (Lipinski definition) is 1. The summed E-state index contributed by atoms with van der Waals surface area (Å²) in [6.45, 7) is 1.05. The molecular formula is C21H29N5O6. The number of aromatic nitrogens is 4. The molecule has 11 nitrogen and oxygen atoms in total. The van der Waals surface area contributed by atoms with Crippen molar-refractivity contribution in [3.63, 3.8) is 0 Å².